The second kappa shape index (κ2) is 5.14. The molecule has 4 rings (SSSR count). The maximum Gasteiger partial charge on any atom is 0.335 e. The summed E-state index contributed by atoms with van der Waals surface area (Å²) in [7, 11) is 0. The average molecular weight is 443 g/mol. The van der Waals surface area contributed by atoms with Gasteiger partial charge in [0.25, 0.3) is 0 Å². The van der Waals surface area contributed by atoms with Crippen LogP contribution in [0.15, 0.2) is 24.3 Å². The molecule has 2 amide bonds. The van der Waals surface area contributed by atoms with Crippen LogP contribution >= 0.6 is 31.9 Å². The van der Waals surface area contributed by atoms with E-state index in [9.17, 15) is 14.4 Å². The Bertz CT molecular complexity index is 687. The summed E-state index contributed by atoms with van der Waals surface area (Å²) in [5.74, 6) is -1.51. The highest BCUT2D eigenvalue weighted by atomic mass is 79.9. The van der Waals surface area contributed by atoms with E-state index in [0.717, 1.165) is 6.42 Å². The minimum Gasteiger partial charge on any atom is -0.478 e. The van der Waals surface area contributed by atoms with Gasteiger partial charge in [-0.3, -0.25) is 14.5 Å². The molecule has 3 aliphatic rings. The van der Waals surface area contributed by atoms with Gasteiger partial charge in [-0.2, -0.15) is 0 Å². The van der Waals surface area contributed by atoms with Gasteiger partial charge >= 0.3 is 5.97 Å². The van der Waals surface area contributed by atoms with Crippen LogP contribution in [0.1, 0.15) is 16.8 Å². The average Bonchev–Trinajstić information content (AvgIpc) is 3.12. The molecular weight excluding hydrogens is 430 g/mol. The minimum absolute atomic E-state index is 0.133. The third kappa shape index (κ3) is 1.99. The summed E-state index contributed by atoms with van der Waals surface area (Å²) in [5.41, 5.74) is 0.588. The van der Waals surface area contributed by atoms with Gasteiger partial charge in [0.1, 0.15) is 0 Å². The first kappa shape index (κ1) is 15.3. The van der Waals surface area contributed by atoms with Crippen LogP contribution in [-0.4, -0.2) is 32.5 Å². The maximum absolute atomic E-state index is 12.8. The number of amides is 2. The zero-order chi connectivity index (χ0) is 16.5. The fourth-order valence-corrected chi connectivity index (χ4v) is 6.23. The van der Waals surface area contributed by atoms with E-state index in [1.165, 1.54) is 29.2 Å². The van der Waals surface area contributed by atoms with Gasteiger partial charge in [0.15, 0.2) is 0 Å². The number of fused-ring (bicyclic) bond motifs is 5. The summed E-state index contributed by atoms with van der Waals surface area (Å²) in [6.45, 7) is 0. The predicted molar refractivity (Wildman–Crippen MR) is 89.9 cm³/mol. The Kier molecular flexibility index (Phi) is 3.43. The van der Waals surface area contributed by atoms with Crippen molar-refractivity contribution in [3.05, 3.63) is 29.8 Å². The number of nitrogens with zero attached hydrogens (tertiary/aromatic N) is 1. The molecule has 6 atom stereocenters. The molecule has 23 heavy (non-hydrogen) atoms. The largest absolute Gasteiger partial charge is 0.478 e. The number of rotatable bonds is 2. The van der Waals surface area contributed by atoms with Crippen molar-refractivity contribution >= 4 is 55.3 Å². The number of carbonyl (C=O) groups is 3. The number of hydrogen-bond acceptors (Lipinski definition) is 3. The standard InChI is InChI=1S/C16H13Br2NO4/c17-12-8-5-9(13(12)18)11-10(8)14(20)19(15(11)21)7-3-1-6(2-4-7)16(22)23/h1-4,8-13H,5H2,(H,22,23)/t8-,9+,10-,11+,12-,13+. The minimum atomic E-state index is -1.03. The van der Waals surface area contributed by atoms with Crippen LogP contribution in [-0.2, 0) is 9.59 Å². The van der Waals surface area contributed by atoms with Crippen LogP contribution in [0.4, 0.5) is 5.69 Å². The Hall–Kier alpha value is -1.21. The highest BCUT2D eigenvalue weighted by molar-refractivity contribution is 9.12. The van der Waals surface area contributed by atoms with Crippen LogP contribution < -0.4 is 4.90 Å². The Morgan fingerprint density at radius 2 is 1.48 bits per heavy atom. The molecule has 1 saturated heterocycles. The van der Waals surface area contributed by atoms with E-state index in [-0.39, 0.29) is 50.7 Å². The number of alkyl halides is 2. The van der Waals surface area contributed by atoms with E-state index >= 15 is 0 Å². The molecule has 0 aromatic heterocycles. The lowest BCUT2D eigenvalue weighted by atomic mass is 9.81. The molecule has 0 spiro atoms. The Morgan fingerprint density at radius 3 is 1.91 bits per heavy atom. The summed E-state index contributed by atoms with van der Waals surface area (Å²) < 4.78 is 0. The molecule has 1 N–H and O–H groups in total. The van der Waals surface area contributed by atoms with E-state index < -0.39 is 5.97 Å². The van der Waals surface area contributed by atoms with Crippen LogP contribution in [0.3, 0.4) is 0 Å². The van der Waals surface area contributed by atoms with E-state index in [1.54, 1.807) is 0 Å². The summed E-state index contributed by atoms with van der Waals surface area (Å²) >= 11 is 7.30. The zero-order valence-electron chi connectivity index (χ0n) is 11.9. The van der Waals surface area contributed by atoms with Gasteiger partial charge in [-0.15, -0.1) is 0 Å². The summed E-state index contributed by atoms with van der Waals surface area (Å²) in [6.07, 6.45) is 0.893. The number of halogens is 2. The van der Waals surface area contributed by atoms with Gasteiger partial charge in [-0.25, -0.2) is 4.79 Å². The second-order valence-corrected chi connectivity index (χ2v) is 8.48. The number of aromatic carboxylic acids is 1. The lowest BCUT2D eigenvalue weighted by molar-refractivity contribution is -0.123. The highest BCUT2D eigenvalue weighted by Crippen LogP contribution is 2.60. The Morgan fingerprint density at radius 1 is 1.00 bits per heavy atom. The predicted octanol–water partition coefficient (Wildman–Crippen LogP) is 2.67. The van der Waals surface area contributed by atoms with Gasteiger partial charge in [0.05, 0.1) is 23.1 Å². The van der Waals surface area contributed by atoms with Crippen LogP contribution in [0.25, 0.3) is 0 Å². The van der Waals surface area contributed by atoms with Crippen molar-refractivity contribution in [2.75, 3.05) is 4.90 Å². The molecule has 1 aromatic rings. The second-order valence-electron chi connectivity index (χ2n) is 6.37. The van der Waals surface area contributed by atoms with Crippen LogP contribution in [0.5, 0.6) is 0 Å². The van der Waals surface area contributed by atoms with Crippen molar-refractivity contribution in [2.45, 2.75) is 16.1 Å². The summed E-state index contributed by atoms with van der Waals surface area (Å²) in [5, 5.41) is 8.95. The van der Waals surface area contributed by atoms with Crippen molar-refractivity contribution in [3.8, 4) is 0 Å². The van der Waals surface area contributed by atoms with Gasteiger partial charge in [0, 0.05) is 9.65 Å². The normalized spacial score (nSPS) is 38.3. The van der Waals surface area contributed by atoms with Crippen molar-refractivity contribution < 1.29 is 19.5 Å². The fraction of sp³-hybridized carbons (Fsp3) is 0.438. The number of carboxylic acid groups (broad SMARTS) is 1. The van der Waals surface area contributed by atoms with Crippen molar-refractivity contribution in [1.29, 1.82) is 0 Å². The lowest BCUT2D eigenvalue weighted by Gasteiger charge is -2.28. The summed E-state index contributed by atoms with van der Waals surface area (Å²) in [6, 6.07) is 5.89. The topological polar surface area (TPSA) is 74.7 Å². The molecule has 1 heterocycles. The Balaban J connectivity index is 1.68. The Labute approximate surface area is 149 Å². The molecule has 2 saturated carbocycles. The third-order valence-corrected chi connectivity index (χ3v) is 8.57. The fourth-order valence-electron chi connectivity index (χ4n) is 4.36. The van der Waals surface area contributed by atoms with Crippen molar-refractivity contribution in [2.24, 2.45) is 23.7 Å². The van der Waals surface area contributed by atoms with Crippen LogP contribution in [0, 0.1) is 23.7 Å². The molecule has 5 nitrogen and oxygen atoms in total. The first-order chi connectivity index (χ1) is 10.9. The van der Waals surface area contributed by atoms with Gasteiger partial charge in [-0.1, -0.05) is 31.9 Å². The molecule has 2 aliphatic carbocycles. The van der Waals surface area contributed by atoms with E-state index in [4.69, 9.17) is 5.11 Å². The molecule has 0 unspecified atom stereocenters. The summed E-state index contributed by atoms with van der Waals surface area (Å²) in [4.78, 5) is 38.2. The number of imide groups is 1. The van der Waals surface area contributed by atoms with Crippen molar-refractivity contribution in [1.82, 2.24) is 0 Å². The lowest BCUT2D eigenvalue weighted by Crippen LogP contribution is -2.37. The molecule has 1 aliphatic heterocycles. The molecule has 7 heteroatoms. The molecule has 1 aromatic carbocycles. The molecular formula is C16H13Br2NO4. The molecule has 3 fully saturated rings. The van der Waals surface area contributed by atoms with E-state index in [2.05, 4.69) is 31.9 Å². The smallest absolute Gasteiger partial charge is 0.335 e. The monoisotopic (exact) mass is 441 g/mol. The first-order valence-corrected chi connectivity index (χ1v) is 9.24. The molecule has 120 valence electrons. The highest BCUT2D eigenvalue weighted by Gasteiger charge is 2.66. The first-order valence-electron chi connectivity index (χ1n) is 7.41. The number of carboxylic acids is 1. The quantitative estimate of drug-likeness (QED) is 0.564. The molecule has 0 radical (unpaired) electrons. The number of carbonyl (C=O) groups excluding carboxylic acids is 2. The molecule has 2 bridgehead atoms. The number of hydrogen-bond donors (Lipinski definition) is 1. The van der Waals surface area contributed by atoms with E-state index in [0.29, 0.717) is 5.69 Å². The van der Waals surface area contributed by atoms with Gasteiger partial charge in [0.2, 0.25) is 11.8 Å². The SMILES string of the molecule is O=C(O)c1ccc(N2C(=O)[C@@H]3[C@H]4C[C@H]([C@H](Br)[C@@H]4Br)[C@@H]3C2=O)cc1. The number of benzene rings is 1. The van der Waals surface area contributed by atoms with E-state index in [1.807, 2.05) is 0 Å². The number of anilines is 1. The van der Waals surface area contributed by atoms with Crippen molar-refractivity contribution in [3.63, 3.8) is 0 Å². The van der Waals surface area contributed by atoms with Gasteiger partial charge < -0.3 is 5.11 Å². The maximum atomic E-state index is 12.8. The van der Waals surface area contributed by atoms with Crippen LogP contribution in [0.2, 0.25) is 0 Å². The third-order valence-electron chi connectivity index (χ3n) is 5.36. The zero-order valence-corrected chi connectivity index (χ0v) is 15.0. The van der Waals surface area contributed by atoms with Gasteiger partial charge in [-0.05, 0) is 42.5 Å².